The van der Waals surface area contributed by atoms with E-state index in [1.165, 1.54) is 0 Å². The molecule has 3 aromatic heterocycles. The van der Waals surface area contributed by atoms with Crippen molar-refractivity contribution in [3.05, 3.63) is 30.9 Å². The molecule has 20 heavy (non-hydrogen) atoms. The van der Waals surface area contributed by atoms with Crippen LogP contribution in [0.25, 0.3) is 22.2 Å². The minimum absolute atomic E-state index is 0.732. The number of nitrogens with zero attached hydrogens (tertiary/aromatic N) is 3. The minimum atomic E-state index is 0.732. The Bertz CT molecular complexity index is 714. The first-order valence-corrected chi connectivity index (χ1v) is 6.87. The Morgan fingerprint density at radius 2 is 2.25 bits per heavy atom. The number of aryl methyl sites for hydroxylation is 1. The molecule has 1 N–H and O–H groups in total. The van der Waals surface area contributed by atoms with Gasteiger partial charge in [0.25, 0.3) is 0 Å². The van der Waals surface area contributed by atoms with Crippen LogP contribution in [0.2, 0.25) is 0 Å². The van der Waals surface area contributed by atoms with Crippen molar-refractivity contribution < 1.29 is 4.74 Å². The van der Waals surface area contributed by atoms with E-state index in [4.69, 9.17) is 4.74 Å². The number of aromatic amines is 1. The summed E-state index contributed by atoms with van der Waals surface area (Å²) in [4.78, 5) is 7.59. The van der Waals surface area contributed by atoms with Crippen molar-refractivity contribution >= 4 is 11.0 Å². The van der Waals surface area contributed by atoms with Gasteiger partial charge in [-0.1, -0.05) is 13.3 Å². The van der Waals surface area contributed by atoms with Gasteiger partial charge in [-0.05, 0) is 12.5 Å². The quantitative estimate of drug-likeness (QED) is 0.725. The number of hydrogen-bond donors (Lipinski definition) is 1. The maximum absolute atomic E-state index is 5.72. The molecule has 0 aliphatic heterocycles. The molecule has 3 aromatic rings. The van der Waals surface area contributed by atoms with E-state index in [2.05, 4.69) is 22.0 Å². The SMILES string of the molecule is CCCCOc1cnc2[nH]cc(-c3cnn(C)c3)c2c1. The van der Waals surface area contributed by atoms with Crippen LogP contribution in [0.4, 0.5) is 0 Å². The van der Waals surface area contributed by atoms with Gasteiger partial charge >= 0.3 is 0 Å². The average molecular weight is 270 g/mol. The molecule has 0 fully saturated rings. The number of pyridine rings is 1. The van der Waals surface area contributed by atoms with E-state index in [0.717, 1.165) is 47.4 Å². The second-order valence-corrected chi connectivity index (χ2v) is 4.87. The van der Waals surface area contributed by atoms with Gasteiger partial charge in [-0.15, -0.1) is 0 Å². The molecule has 0 atom stereocenters. The second-order valence-electron chi connectivity index (χ2n) is 4.87. The van der Waals surface area contributed by atoms with Crippen LogP contribution in [0.1, 0.15) is 19.8 Å². The normalized spacial score (nSPS) is 11.1. The van der Waals surface area contributed by atoms with Gasteiger partial charge in [0.1, 0.15) is 11.4 Å². The van der Waals surface area contributed by atoms with E-state index >= 15 is 0 Å². The van der Waals surface area contributed by atoms with Crippen molar-refractivity contribution in [1.29, 1.82) is 0 Å². The molecule has 0 aromatic carbocycles. The molecule has 3 rings (SSSR count). The fraction of sp³-hybridized carbons (Fsp3) is 0.333. The van der Waals surface area contributed by atoms with Crippen LogP contribution in [0, 0.1) is 0 Å². The maximum Gasteiger partial charge on any atom is 0.138 e. The van der Waals surface area contributed by atoms with E-state index in [0.29, 0.717) is 0 Å². The highest BCUT2D eigenvalue weighted by molar-refractivity contribution is 5.93. The molecule has 0 radical (unpaired) electrons. The molecule has 0 aliphatic rings. The van der Waals surface area contributed by atoms with Crippen molar-refractivity contribution in [2.75, 3.05) is 6.61 Å². The first-order valence-electron chi connectivity index (χ1n) is 6.87. The van der Waals surface area contributed by atoms with E-state index in [9.17, 15) is 0 Å². The van der Waals surface area contributed by atoms with Gasteiger partial charge in [0.05, 0.1) is 19.0 Å². The lowest BCUT2D eigenvalue weighted by molar-refractivity contribution is 0.309. The third-order valence-electron chi connectivity index (χ3n) is 3.29. The largest absolute Gasteiger partial charge is 0.492 e. The predicted octanol–water partition coefficient (Wildman–Crippen LogP) is 3.14. The third kappa shape index (κ3) is 2.39. The Morgan fingerprint density at radius 3 is 3.00 bits per heavy atom. The Balaban J connectivity index is 1.95. The standard InChI is InChI=1S/C15H18N4O/c1-3-4-5-20-12-6-13-14(9-17-15(13)16-8-12)11-7-18-19(2)10-11/h6-10H,3-5H2,1-2H3,(H,16,17). The van der Waals surface area contributed by atoms with Crippen LogP contribution in [0.15, 0.2) is 30.9 Å². The van der Waals surface area contributed by atoms with Crippen molar-refractivity contribution in [2.24, 2.45) is 7.05 Å². The first kappa shape index (κ1) is 12.7. The van der Waals surface area contributed by atoms with E-state index in [1.54, 1.807) is 10.9 Å². The lowest BCUT2D eigenvalue weighted by atomic mass is 10.1. The van der Waals surface area contributed by atoms with Crippen molar-refractivity contribution in [3.63, 3.8) is 0 Å². The molecule has 0 bridgehead atoms. The summed E-state index contributed by atoms with van der Waals surface area (Å²) in [6, 6.07) is 2.04. The molecule has 0 amide bonds. The van der Waals surface area contributed by atoms with Crippen molar-refractivity contribution in [2.45, 2.75) is 19.8 Å². The molecule has 0 aliphatic carbocycles. The smallest absolute Gasteiger partial charge is 0.138 e. The molecule has 3 heterocycles. The van der Waals surface area contributed by atoms with Crippen LogP contribution in [0.5, 0.6) is 5.75 Å². The fourth-order valence-electron chi connectivity index (χ4n) is 2.20. The Kier molecular flexibility index (Phi) is 3.41. The Labute approximate surface area is 117 Å². The Hall–Kier alpha value is -2.30. The molecular formula is C15H18N4O. The molecule has 0 saturated carbocycles. The number of H-pyrrole nitrogens is 1. The summed E-state index contributed by atoms with van der Waals surface area (Å²) in [5, 5.41) is 5.28. The summed E-state index contributed by atoms with van der Waals surface area (Å²) < 4.78 is 7.52. The summed E-state index contributed by atoms with van der Waals surface area (Å²) in [5.74, 6) is 0.815. The minimum Gasteiger partial charge on any atom is -0.492 e. The molecule has 0 unspecified atom stereocenters. The number of rotatable bonds is 5. The van der Waals surface area contributed by atoms with Crippen LogP contribution in [0.3, 0.4) is 0 Å². The number of ether oxygens (including phenoxy) is 1. The molecule has 5 nitrogen and oxygen atoms in total. The lowest BCUT2D eigenvalue weighted by Crippen LogP contribution is -1.96. The highest BCUT2D eigenvalue weighted by Crippen LogP contribution is 2.29. The summed E-state index contributed by atoms with van der Waals surface area (Å²) in [5.41, 5.74) is 3.04. The monoisotopic (exact) mass is 270 g/mol. The summed E-state index contributed by atoms with van der Waals surface area (Å²) in [6.07, 6.45) is 9.76. The average Bonchev–Trinajstić information content (AvgIpc) is 3.04. The zero-order valence-corrected chi connectivity index (χ0v) is 11.8. The van der Waals surface area contributed by atoms with Gasteiger partial charge < -0.3 is 9.72 Å². The van der Waals surface area contributed by atoms with Gasteiger partial charge in [-0.25, -0.2) is 4.98 Å². The number of fused-ring (bicyclic) bond motifs is 1. The van der Waals surface area contributed by atoms with Crippen molar-refractivity contribution in [3.8, 4) is 16.9 Å². The maximum atomic E-state index is 5.72. The number of unbranched alkanes of at least 4 members (excludes halogenated alkanes) is 1. The van der Waals surface area contributed by atoms with Crippen LogP contribution in [-0.4, -0.2) is 26.4 Å². The van der Waals surface area contributed by atoms with Gasteiger partial charge in [0, 0.05) is 36.0 Å². The Morgan fingerprint density at radius 1 is 1.35 bits per heavy atom. The van der Waals surface area contributed by atoms with Gasteiger partial charge in [-0.2, -0.15) is 5.10 Å². The highest BCUT2D eigenvalue weighted by Gasteiger charge is 2.09. The zero-order valence-electron chi connectivity index (χ0n) is 11.8. The summed E-state index contributed by atoms with van der Waals surface area (Å²) in [7, 11) is 1.91. The van der Waals surface area contributed by atoms with E-state index in [-0.39, 0.29) is 0 Å². The van der Waals surface area contributed by atoms with Crippen molar-refractivity contribution in [1.82, 2.24) is 19.7 Å². The first-order chi connectivity index (χ1) is 9.78. The molecule has 0 spiro atoms. The van der Waals surface area contributed by atoms with Crippen LogP contribution >= 0.6 is 0 Å². The molecule has 5 heteroatoms. The van der Waals surface area contributed by atoms with E-state index < -0.39 is 0 Å². The van der Waals surface area contributed by atoms with Gasteiger partial charge in [0.2, 0.25) is 0 Å². The second kappa shape index (κ2) is 5.36. The predicted molar refractivity (Wildman–Crippen MR) is 78.7 cm³/mol. The summed E-state index contributed by atoms with van der Waals surface area (Å²) in [6.45, 7) is 2.88. The van der Waals surface area contributed by atoms with Crippen LogP contribution < -0.4 is 4.74 Å². The van der Waals surface area contributed by atoms with Gasteiger partial charge in [0.15, 0.2) is 0 Å². The number of nitrogens with one attached hydrogen (secondary N) is 1. The number of hydrogen-bond acceptors (Lipinski definition) is 3. The topological polar surface area (TPSA) is 55.7 Å². The highest BCUT2D eigenvalue weighted by atomic mass is 16.5. The zero-order chi connectivity index (χ0) is 13.9. The molecule has 104 valence electrons. The molecule has 0 saturated heterocycles. The number of aromatic nitrogens is 4. The van der Waals surface area contributed by atoms with E-state index in [1.807, 2.05) is 31.7 Å². The fourth-order valence-corrected chi connectivity index (χ4v) is 2.20. The lowest BCUT2D eigenvalue weighted by Gasteiger charge is -2.05. The van der Waals surface area contributed by atoms with Gasteiger partial charge in [-0.3, -0.25) is 4.68 Å². The summed E-state index contributed by atoms with van der Waals surface area (Å²) >= 11 is 0. The third-order valence-corrected chi connectivity index (χ3v) is 3.29. The van der Waals surface area contributed by atoms with Crippen LogP contribution in [-0.2, 0) is 7.05 Å². The molecular weight excluding hydrogens is 252 g/mol.